The lowest BCUT2D eigenvalue weighted by Crippen LogP contribution is -2.29. The minimum atomic E-state index is -0.347. The maximum absolute atomic E-state index is 13.0. The lowest BCUT2D eigenvalue weighted by Gasteiger charge is -2.14. The molecule has 206 valence electrons. The third kappa shape index (κ3) is 8.70. The van der Waals surface area contributed by atoms with E-state index in [2.05, 4.69) is 12.1 Å². The van der Waals surface area contributed by atoms with Crippen molar-refractivity contribution in [2.24, 2.45) is 0 Å². The Morgan fingerprint density at radius 1 is 0.625 bits per heavy atom. The maximum Gasteiger partial charge on any atom is 0.258 e. The van der Waals surface area contributed by atoms with E-state index in [1.807, 2.05) is 36.4 Å². The van der Waals surface area contributed by atoms with Crippen molar-refractivity contribution in [3.05, 3.63) is 119 Å². The summed E-state index contributed by atoms with van der Waals surface area (Å²) in [5, 5.41) is 0. The molecule has 2 amide bonds. The van der Waals surface area contributed by atoms with Crippen LogP contribution in [0, 0.1) is 5.82 Å². The average molecular weight is 538 g/mol. The van der Waals surface area contributed by atoms with Gasteiger partial charge >= 0.3 is 0 Å². The minimum Gasteiger partial charge on any atom is -0.289 e. The van der Waals surface area contributed by atoms with Gasteiger partial charge in [0.15, 0.2) is 5.78 Å². The molecule has 40 heavy (non-hydrogen) atoms. The van der Waals surface area contributed by atoms with Gasteiger partial charge in [0.2, 0.25) is 0 Å². The van der Waals surface area contributed by atoms with Gasteiger partial charge in [-0.2, -0.15) is 0 Å². The molecular weight excluding hydrogens is 501 g/mol. The molecule has 0 bridgehead atoms. The number of halogens is 1. The second-order valence-corrected chi connectivity index (χ2v) is 10.3. The fourth-order valence-corrected chi connectivity index (χ4v) is 4.86. The highest BCUT2D eigenvalue weighted by molar-refractivity contribution is 6.28. The molecule has 0 aliphatic carbocycles. The third-order valence-corrected chi connectivity index (χ3v) is 7.22. The second-order valence-electron chi connectivity index (χ2n) is 10.3. The van der Waals surface area contributed by atoms with Crippen molar-refractivity contribution >= 4 is 29.4 Å². The van der Waals surface area contributed by atoms with Crippen LogP contribution in [0.15, 0.2) is 91.0 Å². The molecule has 1 aliphatic rings. The zero-order valence-corrected chi connectivity index (χ0v) is 22.9. The number of allylic oxidation sites excluding steroid dienone is 1. The van der Waals surface area contributed by atoms with Gasteiger partial charge in [-0.3, -0.25) is 14.4 Å². The Morgan fingerprint density at radius 3 is 1.62 bits per heavy atom. The number of benzene rings is 3. The van der Waals surface area contributed by atoms with Crippen LogP contribution in [0.5, 0.6) is 0 Å². The van der Waals surface area contributed by atoms with E-state index in [9.17, 15) is 18.8 Å². The number of amides is 2. The number of nitrogens with zero attached hydrogens (tertiary/aromatic N) is 1. The lowest BCUT2D eigenvalue weighted by atomic mass is 10.0. The van der Waals surface area contributed by atoms with Crippen LogP contribution < -0.4 is 4.90 Å². The van der Waals surface area contributed by atoms with E-state index in [4.69, 9.17) is 0 Å². The summed E-state index contributed by atoms with van der Waals surface area (Å²) in [6, 6.07) is 21.6. The van der Waals surface area contributed by atoms with E-state index in [0.29, 0.717) is 11.3 Å². The summed E-state index contributed by atoms with van der Waals surface area (Å²) in [6.07, 6.45) is 17.8. The number of anilines is 1. The number of rotatable bonds is 15. The first kappa shape index (κ1) is 28.9. The zero-order valence-electron chi connectivity index (χ0n) is 22.9. The molecule has 1 heterocycles. The molecule has 0 aromatic heterocycles. The Balaban J connectivity index is 1.02. The van der Waals surface area contributed by atoms with Crippen molar-refractivity contribution in [2.45, 2.75) is 64.2 Å². The van der Waals surface area contributed by atoms with Crippen LogP contribution in [-0.2, 0) is 22.4 Å². The van der Waals surface area contributed by atoms with Gasteiger partial charge in [0.1, 0.15) is 5.82 Å². The second kappa shape index (κ2) is 14.9. The molecule has 0 spiro atoms. The Labute approximate surface area is 236 Å². The van der Waals surface area contributed by atoms with Crippen molar-refractivity contribution in [3.8, 4) is 0 Å². The number of ketones is 1. The average Bonchev–Trinajstić information content (AvgIpc) is 3.31. The first-order chi connectivity index (χ1) is 19.5. The van der Waals surface area contributed by atoms with Crippen LogP contribution in [0.1, 0.15) is 78.4 Å². The van der Waals surface area contributed by atoms with Crippen molar-refractivity contribution in [2.75, 3.05) is 4.90 Å². The molecule has 0 saturated carbocycles. The smallest absolute Gasteiger partial charge is 0.258 e. The fourth-order valence-electron chi connectivity index (χ4n) is 4.86. The highest BCUT2D eigenvalue weighted by Gasteiger charge is 2.24. The van der Waals surface area contributed by atoms with E-state index in [0.717, 1.165) is 24.8 Å². The summed E-state index contributed by atoms with van der Waals surface area (Å²) in [4.78, 5) is 37.0. The molecule has 5 heteroatoms. The van der Waals surface area contributed by atoms with Crippen molar-refractivity contribution < 1.29 is 18.8 Å². The molecule has 4 nitrogen and oxygen atoms in total. The maximum atomic E-state index is 13.0. The van der Waals surface area contributed by atoms with Gasteiger partial charge in [-0.15, -0.1) is 0 Å². The van der Waals surface area contributed by atoms with Crippen LogP contribution in [0.2, 0.25) is 0 Å². The molecule has 0 saturated heterocycles. The normalized spacial score (nSPS) is 13.1. The Bertz CT molecular complexity index is 1320. The Kier molecular flexibility index (Phi) is 10.7. The molecular formula is C35H36FNO3. The largest absolute Gasteiger partial charge is 0.289 e. The summed E-state index contributed by atoms with van der Waals surface area (Å²) >= 11 is 0. The Hall–Kier alpha value is -4.12. The van der Waals surface area contributed by atoms with E-state index >= 15 is 0 Å². The van der Waals surface area contributed by atoms with E-state index in [1.54, 1.807) is 6.08 Å². The van der Waals surface area contributed by atoms with Gasteiger partial charge in [0.25, 0.3) is 11.8 Å². The van der Waals surface area contributed by atoms with Gasteiger partial charge in [0.05, 0.1) is 5.69 Å². The highest BCUT2D eigenvalue weighted by atomic mass is 19.1. The van der Waals surface area contributed by atoms with Crippen LogP contribution in [0.3, 0.4) is 0 Å². The molecule has 3 aromatic rings. The standard InChI is InChI=1S/C35H36FNO3/c36-31-20-18-30(19-21-31)33(38)24-17-29-13-11-27(12-14-29)9-7-5-3-1-2-4-6-8-10-28-15-22-32(23-16-28)37-34(39)25-26-35(37)40/h11-26H,1-10H2. The van der Waals surface area contributed by atoms with Gasteiger partial charge in [0, 0.05) is 17.7 Å². The molecule has 0 radical (unpaired) electrons. The summed E-state index contributed by atoms with van der Waals surface area (Å²) in [6.45, 7) is 0. The molecule has 0 fully saturated rings. The number of aryl methyl sites for hydroxylation is 2. The molecule has 4 rings (SSSR count). The molecule has 3 aromatic carbocycles. The van der Waals surface area contributed by atoms with Gasteiger partial charge in [-0.05, 0) is 84.8 Å². The monoisotopic (exact) mass is 537 g/mol. The fraction of sp³-hybridized carbons (Fsp3) is 0.286. The van der Waals surface area contributed by atoms with E-state index in [-0.39, 0.29) is 23.4 Å². The first-order valence-electron chi connectivity index (χ1n) is 14.2. The molecule has 0 atom stereocenters. The summed E-state index contributed by atoms with van der Waals surface area (Å²) in [5.74, 6) is -1.04. The number of carbonyl (C=O) groups is 3. The number of carbonyl (C=O) groups excluding carboxylic acids is 3. The van der Waals surface area contributed by atoms with Gasteiger partial charge in [-0.25, -0.2) is 9.29 Å². The predicted octanol–water partition coefficient (Wildman–Crippen LogP) is 8.06. The number of imide groups is 1. The first-order valence-corrected chi connectivity index (χ1v) is 14.2. The quantitative estimate of drug-likeness (QED) is 0.0853. The number of hydrogen-bond donors (Lipinski definition) is 0. The van der Waals surface area contributed by atoms with Crippen molar-refractivity contribution in [1.82, 2.24) is 0 Å². The summed E-state index contributed by atoms with van der Waals surface area (Å²) in [7, 11) is 0. The van der Waals surface area contributed by atoms with Crippen LogP contribution in [0.4, 0.5) is 10.1 Å². The van der Waals surface area contributed by atoms with Gasteiger partial charge < -0.3 is 0 Å². The van der Waals surface area contributed by atoms with Crippen molar-refractivity contribution in [3.63, 3.8) is 0 Å². The molecule has 0 unspecified atom stereocenters. The number of hydrogen-bond acceptors (Lipinski definition) is 3. The zero-order chi connectivity index (χ0) is 28.2. The minimum absolute atomic E-state index is 0.135. The van der Waals surface area contributed by atoms with E-state index in [1.165, 1.54) is 103 Å². The molecule has 1 aliphatic heterocycles. The van der Waals surface area contributed by atoms with E-state index < -0.39 is 0 Å². The van der Waals surface area contributed by atoms with Gasteiger partial charge in [-0.1, -0.05) is 81.0 Å². The van der Waals surface area contributed by atoms with Crippen molar-refractivity contribution in [1.29, 1.82) is 0 Å². The molecule has 0 N–H and O–H groups in total. The van der Waals surface area contributed by atoms with Crippen LogP contribution in [-0.4, -0.2) is 17.6 Å². The van der Waals surface area contributed by atoms with Crippen LogP contribution >= 0.6 is 0 Å². The summed E-state index contributed by atoms with van der Waals surface area (Å²) < 4.78 is 13.0. The Morgan fingerprint density at radius 2 is 1.10 bits per heavy atom. The lowest BCUT2D eigenvalue weighted by molar-refractivity contribution is -0.119. The van der Waals surface area contributed by atoms with Crippen LogP contribution in [0.25, 0.3) is 6.08 Å². The summed E-state index contributed by atoms with van der Waals surface area (Å²) in [5.41, 5.74) is 4.63. The predicted molar refractivity (Wildman–Crippen MR) is 159 cm³/mol. The SMILES string of the molecule is O=C(C=Cc1ccc(CCCCCCCCCCc2ccc(N3C(=O)C=CC3=O)cc2)cc1)c1ccc(F)cc1. The third-order valence-electron chi connectivity index (χ3n) is 7.22. The topological polar surface area (TPSA) is 54.5 Å². The highest BCUT2D eigenvalue weighted by Crippen LogP contribution is 2.21. The number of unbranched alkanes of at least 4 members (excludes halogenated alkanes) is 7.